The van der Waals surface area contributed by atoms with E-state index < -0.39 is 46.5 Å². The molecule has 40 heavy (non-hydrogen) atoms. The number of carbonyl (C=O) groups excluding carboxylic acids is 4. The zero-order chi connectivity index (χ0) is 30.3. The third-order valence-corrected chi connectivity index (χ3v) is 5.64. The standard InChI is InChI=1S/C30H39NO9/c1-19(37-27(35)38-21-12-10-9-11-13-21)17-30(31,26(34)36-8)18-20-14-15-22(39-24(32)28(2,3)4)23(16-20)40-25(33)29(5,6)7/h9-16,19H,17-18,31H2,1-8H3/t19-,30?/m0/s1. The number of carbonyl (C=O) groups is 4. The van der Waals surface area contributed by atoms with E-state index in [2.05, 4.69) is 0 Å². The number of hydrogen-bond acceptors (Lipinski definition) is 10. The van der Waals surface area contributed by atoms with Crippen molar-refractivity contribution in [3.05, 3.63) is 54.1 Å². The predicted molar refractivity (Wildman–Crippen MR) is 147 cm³/mol. The summed E-state index contributed by atoms with van der Waals surface area (Å²) in [6.45, 7) is 11.7. The molecule has 2 atom stereocenters. The molecule has 0 saturated carbocycles. The van der Waals surface area contributed by atoms with Crippen LogP contribution in [0.1, 0.15) is 60.5 Å². The highest BCUT2D eigenvalue weighted by molar-refractivity contribution is 5.82. The first-order valence-electron chi connectivity index (χ1n) is 12.8. The first-order chi connectivity index (χ1) is 18.4. The van der Waals surface area contributed by atoms with Gasteiger partial charge in [-0.05, 0) is 78.3 Å². The molecule has 10 heteroatoms. The van der Waals surface area contributed by atoms with Gasteiger partial charge in [0.25, 0.3) is 0 Å². The van der Waals surface area contributed by atoms with Crippen molar-refractivity contribution >= 4 is 24.1 Å². The van der Waals surface area contributed by atoms with E-state index in [1.165, 1.54) is 19.2 Å². The van der Waals surface area contributed by atoms with E-state index in [0.717, 1.165) is 0 Å². The fourth-order valence-corrected chi connectivity index (χ4v) is 3.46. The summed E-state index contributed by atoms with van der Waals surface area (Å²) in [4.78, 5) is 50.3. The van der Waals surface area contributed by atoms with Crippen molar-refractivity contribution in [2.75, 3.05) is 7.11 Å². The molecular formula is C30H39NO9. The third kappa shape index (κ3) is 9.37. The molecule has 0 aliphatic rings. The van der Waals surface area contributed by atoms with E-state index in [4.69, 9.17) is 29.4 Å². The van der Waals surface area contributed by atoms with Crippen molar-refractivity contribution in [3.8, 4) is 17.2 Å². The van der Waals surface area contributed by atoms with Crippen LogP contribution < -0.4 is 19.9 Å². The Kier molecular flexibility index (Phi) is 10.5. The maximum absolute atomic E-state index is 12.8. The first kappa shape index (κ1) is 32.3. The van der Waals surface area contributed by atoms with Gasteiger partial charge in [-0.1, -0.05) is 24.3 Å². The number of hydrogen-bond donors (Lipinski definition) is 1. The minimum Gasteiger partial charge on any atom is -0.468 e. The van der Waals surface area contributed by atoms with Gasteiger partial charge >= 0.3 is 24.1 Å². The van der Waals surface area contributed by atoms with Crippen molar-refractivity contribution in [2.24, 2.45) is 16.6 Å². The molecule has 2 N–H and O–H groups in total. The molecule has 0 radical (unpaired) electrons. The van der Waals surface area contributed by atoms with Crippen molar-refractivity contribution in [2.45, 2.75) is 73.0 Å². The van der Waals surface area contributed by atoms with Crippen LogP contribution in [0.2, 0.25) is 0 Å². The molecule has 10 nitrogen and oxygen atoms in total. The van der Waals surface area contributed by atoms with Gasteiger partial charge in [-0.15, -0.1) is 0 Å². The third-order valence-electron chi connectivity index (χ3n) is 5.64. The average molecular weight is 558 g/mol. The summed E-state index contributed by atoms with van der Waals surface area (Å²) >= 11 is 0. The zero-order valence-corrected chi connectivity index (χ0v) is 24.4. The van der Waals surface area contributed by atoms with E-state index >= 15 is 0 Å². The van der Waals surface area contributed by atoms with E-state index in [9.17, 15) is 19.2 Å². The van der Waals surface area contributed by atoms with Crippen LogP contribution in [0, 0.1) is 10.8 Å². The number of nitrogens with two attached hydrogens (primary N) is 1. The highest BCUT2D eigenvalue weighted by Gasteiger charge is 2.39. The van der Waals surface area contributed by atoms with Crippen molar-refractivity contribution < 1.29 is 42.9 Å². The Hall–Kier alpha value is -3.92. The molecule has 0 saturated heterocycles. The normalized spacial score (nSPS) is 13.8. The highest BCUT2D eigenvalue weighted by Crippen LogP contribution is 2.34. The first-order valence-corrected chi connectivity index (χ1v) is 12.8. The molecule has 2 aromatic rings. The Balaban J connectivity index is 2.31. The number of rotatable bonds is 9. The number of benzene rings is 2. The van der Waals surface area contributed by atoms with Crippen LogP contribution in [0.4, 0.5) is 4.79 Å². The smallest absolute Gasteiger partial charge is 0.468 e. The molecule has 0 amide bonds. The van der Waals surface area contributed by atoms with Crippen LogP contribution in [-0.2, 0) is 30.3 Å². The van der Waals surface area contributed by atoms with Gasteiger partial charge in [-0.25, -0.2) is 4.79 Å². The molecule has 0 aliphatic heterocycles. The quantitative estimate of drug-likeness (QED) is 0.254. The number of para-hydroxylation sites is 1. The molecule has 2 aromatic carbocycles. The monoisotopic (exact) mass is 557 g/mol. The molecule has 0 bridgehead atoms. The van der Waals surface area contributed by atoms with Gasteiger partial charge in [0.1, 0.15) is 17.4 Å². The van der Waals surface area contributed by atoms with E-state index in [1.54, 1.807) is 84.9 Å². The summed E-state index contributed by atoms with van der Waals surface area (Å²) in [6.07, 6.45) is -1.96. The fraction of sp³-hybridized carbons (Fsp3) is 0.467. The summed E-state index contributed by atoms with van der Waals surface area (Å²) in [5.41, 5.74) is 3.72. The Morgan fingerprint density at radius 3 is 1.85 bits per heavy atom. The maximum Gasteiger partial charge on any atom is 0.514 e. The number of methoxy groups -OCH3 is 1. The lowest BCUT2D eigenvalue weighted by molar-refractivity contribution is -0.148. The van der Waals surface area contributed by atoms with Gasteiger partial charge in [0.15, 0.2) is 11.5 Å². The van der Waals surface area contributed by atoms with Crippen LogP contribution in [0.3, 0.4) is 0 Å². The SMILES string of the molecule is COC(=O)C(N)(Cc1ccc(OC(=O)C(C)(C)C)c(OC(=O)C(C)(C)C)c1)C[C@H](C)OC(=O)Oc1ccccc1. The molecule has 1 unspecified atom stereocenters. The van der Waals surface area contributed by atoms with Gasteiger partial charge in [0.2, 0.25) is 0 Å². The topological polar surface area (TPSA) is 140 Å². The molecule has 0 aromatic heterocycles. The van der Waals surface area contributed by atoms with Crippen LogP contribution in [0.15, 0.2) is 48.5 Å². The predicted octanol–water partition coefficient (Wildman–Crippen LogP) is 5.00. The lowest BCUT2D eigenvalue weighted by Crippen LogP contribution is -2.53. The Morgan fingerprint density at radius 1 is 0.775 bits per heavy atom. The Morgan fingerprint density at radius 2 is 1.32 bits per heavy atom. The molecule has 0 spiro atoms. The molecule has 0 aliphatic carbocycles. The molecule has 0 heterocycles. The second kappa shape index (κ2) is 13.0. The van der Waals surface area contributed by atoms with Gasteiger partial charge in [0, 0.05) is 12.8 Å². The summed E-state index contributed by atoms with van der Waals surface area (Å²) in [5.74, 6) is -1.47. The second-order valence-corrected chi connectivity index (χ2v) is 11.7. The highest BCUT2D eigenvalue weighted by atomic mass is 16.7. The summed E-state index contributed by atoms with van der Waals surface area (Å²) in [6, 6.07) is 12.9. The maximum atomic E-state index is 12.8. The number of esters is 3. The number of ether oxygens (including phenoxy) is 5. The van der Waals surface area contributed by atoms with Crippen molar-refractivity contribution in [1.82, 2.24) is 0 Å². The molecule has 218 valence electrons. The Bertz CT molecular complexity index is 1210. The fourth-order valence-electron chi connectivity index (χ4n) is 3.46. The summed E-state index contributed by atoms with van der Waals surface area (Å²) < 4.78 is 26.5. The lowest BCUT2D eigenvalue weighted by atomic mass is 9.86. The largest absolute Gasteiger partial charge is 0.514 e. The average Bonchev–Trinajstić information content (AvgIpc) is 2.84. The van der Waals surface area contributed by atoms with Crippen molar-refractivity contribution in [1.29, 1.82) is 0 Å². The van der Waals surface area contributed by atoms with Gasteiger partial charge in [-0.2, -0.15) is 0 Å². The molecular weight excluding hydrogens is 518 g/mol. The zero-order valence-electron chi connectivity index (χ0n) is 24.4. The summed E-state index contributed by atoms with van der Waals surface area (Å²) in [5, 5.41) is 0. The van der Waals surface area contributed by atoms with Gasteiger partial charge < -0.3 is 29.4 Å². The van der Waals surface area contributed by atoms with Crippen LogP contribution in [0.5, 0.6) is 17.2 Å². The van der Waals surface area contributed by atoms with Crippen LogP contribution in [-0.4, -0.2) is 42.8 Å². The van der Waals surface area contributed by atoms with E-state index in [0.29, 0.717) is 11.3 Å². The minimum absolute atomic E-state index is 0.00187. The van der Waals surface area contributed by atoms with Crippen molar-refractivity contribution in [3.63, 3.8) is 0 Å². The molecule has 0 fully saturated rings. The molecule has 2 rings (SSSR count). The van der Waals surface area contributed by atoms with E-state index in [1.807, 2.05) is 0 Å². The van der Waals surface area contributed by atoms with Crippen LogP contribution >= 0.6 is 0 Å². The second-order valence-electron chi connectivity index (χ2n) is 11.7. The van der Waals surface area contributed by atoms with Gasteiger partial charge in [0.05, 0.1) is 17.9 Å². The van der Waals surface area contributed by atoms with Gasteiger partial charge in [-0.3, -0.25) is 14.4 Å². The van der Waals surface area contributed by atoms with Crippen LogP contribution in [0.25, 0.3) is 0 Å². The van der Waals surface area contributed by atoms with E-state index in [-0.39, 0.29) is 24.3 Å². The Labute approximate surface area is 235 Å². The minimum atomic E-state index is -1.63. The lowest BCUT2D eigenvalue weighted by Gasteiger charge is -2.29. The summed E-state index contributed by atoms with van der Waals surface area (Å²) in [7, 11) is 1.20.